The van der Waals surface area contributed by atoms with Gasteiger partial charge in [-0.05, 0) is 57.2 Å². The number of nitrogens with zero attached hydrogens (tertiary/aromatic N) is 5. The van der Waals surface area contributed by atoms with E-state index < -0.39 is 10.0 Å². The highest BCUT2D eigenvalue weighted by Gasteiger charge is 2.31. The second kappa shape index (κ2) is 8.51. The Morgan fingerprint density at radius 1 is 0.833 bits per heavy atom. The summed E-state index contributed by atoms with van der Waals surface area (Å²) in [4.78, 5) is 14.1. The molecule has 162 valence electrons. The third kappa shape index (κ3) is 4.16. The van der Waals surface area contributed by atoms with E-state index in [0.717, 1.165) is 41.5 Å². The number of piperidine rings is 1. The lowest BCUT2D eigenvalue weighted by Crippen LogP contribution is -2.49. The maximum atomic E-state index is 13.3. The zero-order valence-corrected chi connectivity index (χ0v) is 19.0. The van der Waals surface area contributed by atoms with Crippen LogP contribution in [-0.4, -0.2) is 62.0 Å². The maximum absolute atomic E-state index is 13.3. The molecular weight excluding hydrogens is 398 g/mol. The Morgan fingerprint density at radius 2 is 1.47 bits per heavy atom. The second-order valence-electron chi connectivity index (χ2n) is 8.38. The second-order valence-corrected chi connectivity index (χ2v) is 10.3. The van der Waals surface area contributed by atoms with Crippen molar-refractivity contribution in [2.24, 2.45) is 0 Å². The van der Waals surface area contributed by atoms with Crippen LogP contribution >= 0.6 is 0 Å². The summed E-state index contributed by atoms with van der Waals surface area (Å²) in [5.74, 6) is 1.67. The fraction of sp³-hybridized carbons (Fsp3) is 0.545. The number of sulfonamides is 1. The molecule has 0 atom stereocenters. The van der Waals surface area contributed by atoms with Crippen molar-refractivity contribution in [1.29, 1.82) is 0 Å². The van der Waals surface area contributed by atoms with Crippen molar-refractivity contribution in [3.8, 4) is 0 Å². The summed E-state index contributed by atoms with van der Waals surface area (Å²) < 4.78 is 28.3. The molecule has 30 heavy (non-hydrogen) atoms. The SMILES string of the molecule is Cc1cc(C)c(S(=O)(=O)N2CCN(c3ccnc(N4CCCCC4)n3)CC2)c(C)c1. The van der Waals surface area contributed by atoms with E-state index in [2.05, 4.69) is 14.8 Å². The Morgan fingerprint density at radius 3 is 2.10 bits per heavy atom. The van der Waals surface area contributed by atoms with Crippen molar-refractivity contribution in [1.82, 2.24) is 14.3 Å². The largest absolute Gasteiger partial charge is 0.354 e. The summed E-state index contributed by atoms with van der Waals surface area (Å²) in [7, 11) is -3.51. The first kappa shape index (κ1) is 21.1. The van der Waals surface area contributed by atoms with E-state index >= 15 is 0 Å². The van der Waals surface area contributed by atoms with Gasteiger partial charge in [0.25, 0.3) is 0 Å². The van der Waals surface area contributed by atoms with Gasteiger partial charge in [-0.1, -0.05) is 17.7 Å². The molecule has 0 bridgehead atoms. The van der Waals surface area contributed by atoms with Crippen molar-refractivity contribution < 1.29 is 8.42 Å². The molecular formula is C22H31N5O2S. The Hall–Kier alpha value is -2.19. The molecule has 3 heterocycles. The van der Waals surface area contributed by atoms with Crippen LogP contribution in [0.25, 0.3) is 0 Å². The van der Waals surface area contributed by atoms with Gasteiger partial charge in [0.05, 0.1) is 4.90 Å². The number of hydrogen-bond acceptors (Lipinski definition) is 6. The number of anilines is 2. The Labute approximate surface area is 179 Å². The van der Waals surface area contributed by atoms with Gasteiger partial charge >= 0.3 is 0 Å². The minimum absolute atomic E-state index is 0.455. The van der Waals surface area contributed by atoms with Crippen molar-refractivity contribution in [2.75, 3.05) is 49.1 Å². The Kier molecular flexibility index (Phi) is 5.97. The molecule has 0 amide bonds. The molecule has 8 heteroatoms. The molecule has 1 aromatic carbocycles. The maximum Gasteiger partial charge on any atom is 0.243 e. The van der Waals surface area contributed by atoms with Crippen LogP contribution in [0, 0.1) is 20.8 Å². The molecule has 2 fully saturated rings. The van der Waals surface area contributed by atoms with Crippen LogP contribution in [0.3, 0.4) is 0 Å². The first-order valence-corrected chi connectivity index (χ1v) is 12.2. The summed E-state index contributed by atoms with van der Waals surface area (Å²) in [5, 5.41) is 0. The minimum Gasteiger partial charge on any atom is -0.354 e. The summed E-state index contributed by atoms with van der Waals surface area (Å²) in [6.45, 7) is 9.93. The molecule has 4 rings (SSSR count). The van der Waals surface area contributed by atoms with E-state index in [9.17, 15) is 8.42 Å². The summed E-state index contributed by atoms with van der Waals surface area (Å²) in [6, 6.07) is 5.81. The number of aryl methyl sites for hydroxylation is 3. The molecule has 2 aliphatic rings. The van der Waals surface area contributed by atoms with Crippen LogP contribution in [0.5, 0.6) is 0 Å². The van der Waals surface area contributed by atoms with Gasteiger partial charge < -0.3 is 9.80 Å². The number of hydrogen-bond donors (Lipinski definition) is 0. The van der Waals surface area contributed by atoms with Gasteiger partial charge in [0, 0.05) is 45.5 Å². The fourth-order valence-corrected chi connectivity index (χ4v) is 6.46. The monoisotopic (exact) mass is 429 g/mol. The van der Waals surface area contributed by atoms with Gasteiger partial charge in [-0.2, -0.15) is 9.29 Å². The quantitative estimate of drug-likeness (QED) is 0.744. The first-order valence-electron chi connectivity index (χ1n) is 10.8. The van der Waals surface area contributed by atoms with Crippen LogP contribution in [-0.2, 0) is 10.0 Å². The van der Waals surface area contributed by atoms with E-state index in [-0.39, 0.29) is 0 Å². The van der Waals surface area contributed by atoms with E-state index in [1.165, 1.54) is 19.3 Å². The van der Waals surface area contributed by atoms with E-state index in [1.807, 2.05) is 45.2 Å². The number of piperazine rings is 1. The Balaban J connectivity index is 1.48. The van der Waals surface area contributed by atoms with Crippen LogP contribution < -0.4 is 9.80 Å². The third-order valence-corrected chi connectivity index (χ3v) is 8.24. The van der Waals surface area contributed by atoms with Gasteiger partial charge in [-0.3, -0.25) is 0 Å². The number of rotatable bonds is 4. The lowest BCUT2D eigenvalue weighted by molar-refractivity contribution is 0.383. The van der Waals surface area contributed by atoms with E-state index in [0.29, 0.717) is 31.1 Å². The van der Waals surface area contributed by atoms with E-state index in [1.54, 1.807) is 4.31 Å². The first-order chi connectivity index (χ1) is 14.4. The summed E-state index contributed by atoms with van der Waals surface area (Å²) in [6.07, 6.45) is 5.45. The van der Waals surface area contributed by atoms with Crippen molar-refractivity contribution >= 4 is 21.8 Å². The molecule has 0 saturated carbocycles. The molecule has 2 aromatic rings. The van der Waals surface area contributed by atoms with Crippen molar-refractivity contribution in [2.45, 2.75) is 44.9 Å². The lowest BCUT2D eigenvalue weighted by atomic mass is 10.1. The summed E-state index contributed by atoms with van der Waals surface area (Å²) in [5.41, 5.74) is 2.72. The highest BCUT2D eigenvalue weighted by atomic mass is 32.2. The molecule has 2 aliphatic heterocycles. The lowest BCUT2D eigenvalue weighted by Gasteiger charge is -2.35. The van der Waals surface area contributed by atoms with Gasteiger partial charge in [-0.15, -0.1) is 0 Å². The topological polar surface area (TPSA) is 69.6 Å². The summed E-state index contributed by atoms with van der Waals surface area (Å²) >= 11 is 0. The molecule has 0 N–H and O–H groups in total. The molecule has 0 spiro atoms. The predicted octanol–water partition coefficient (Wildman–Crippen LogP) is 2.90. The van der Waals surface area contributed by atoms with Crippen LogP contribution in [0.15, 0.2) is 29.3 Å². The van der Waals surface area contributed by atoms with Gasteiger partial charge in [-0.25, -0.2) is 13.4 Å². The number of aromatic nitrogens is 2. The predicted molar refractivity (Wildman–Crippen MR) is 120 cm³/mol. The fourth-order valence-electron chi connectivity index (χ4n) is 4.62. The van der Waals surface area contributed by atoms with Gasteiger partial charge in [0.2, 0.25) is 16.0 Å². The third-order valence-electron chi connectivity index (χ3n) is 6.03. The van der Waals surface area contributed by atoms with Crippen molar-refractivity contribution in [3.05, 3.63) is 41.1 Å². The Bertz CT molecular complexity index is 987. The molecule has 0 radical (unpaired) electrons. The molecule has 0 unspecified atom stereocenters. The normalized spacial score (nSPS) is 18.6. The van der Waals surface area contributed by atoms with Crippen LogP contribution in [0.1, 0.15) is 36.0 Å². The zero-order chi connectivity index (χ0) is 21.3. The average Bonchev–Trinajstić information content (AvgIpc) is 2.74. The van der Waals surface area contributed by atoms with Gasteiger partial charge in [0.1, 0.15) is 5.82 Å². The zero-order valence-electron chi connectivity index (χ0n) is 18.1. The molecule has 0 aliphatic carbocycles. The average molecular weight is 430 g/mol. The van der Waals surface area contributed by atoms with Crippen LogP contribution in [0.2, 0.25) is 0 Å². The highest BCUT2D eigenvalue weighted by molar-refractivity contribution is 7.89. The molecule has 1 aromatic heterocycles. The molecule has 7 nitrogen and oxygen atoms in total. The smallest absolute Gasteiger partial charge is 0.243 e. The highest BCUT2D eigenvalue weighted by Crippen LogP contribution is 2.27. The van der Waals surface area contributed by atoms with Gasteiger partial charge in [0.15, 0.2) is 0 Å². The van der Waals surface area contributed by atoms with Crippen molar-refractivity contribution in [3.63, 3.8) is 0 Å². The van der Waals surface area contributed by atoms with Crippen LogP contribution in [0.4, 0.5) is 11.8 Å². The number of benzene rings is 1. The standard InChI is InChI=1S/C22H31N5O2S/c1-17-15-18(2)21(19(3)16-17)30(28,29)27-13-11-25(12-14-27)20-7-8-23-22(24-20)26-9-5-4-6-10-26/h7-8,15-16H,4-6,9-14H2,1-3H3. The van der Waals surface area contributed by atoms with E-state index in [4.69, 9.17) is 4.98 Å². The molecule has 2 saturated heterocycles. The minimum atomic E-state index is -3.51.